The van der Waals surface area contributed by atoms with Crippen LogP contribution in [0.3, 0.4) is 0 Å². The quantitative estimate of drug-likeness (QED) is 0.772. The maximum absolute atomic E-state index is 13.0. The Morgan fingerprint density at radius 3 is 2.93 bits per heavy atom. The second-order valence-electron chi connectivity index (χ2n) is 7.75. The number of nitrogens with one attached hydrogen (secondary N) is 2. The van der Waals surface area contributed by atoms with Crippen molar-refractivity contribution in [2.24, 2.45) is 5.92 Å². The zero-order valence-corrected chi connectivity index (χ0v) is 16.8. The molecule has 2 N–H and O–H groups in total. The van der Waals surface area contributed by atoms with E-state index in [-0.39, 0.29) is 30.3 Å². The smallest absolute Gasteiger partial charge is 0.325 e. The van der Waals surface area contributed by atoms with E-state index in [9.17, 15) is 14.4 Å². The first-order valence-corrected chi connectivity index (χ1v) is 10.5. The molecule has 3 atom stereocenters. The number of rotatable bonds is 4. The summed E-state index contributed by atoms with van der Waals surface area (Å²) in [6.45, 7) is 3.58. The van der Waals surface area contributed by atoms with E-state index >= 15 is 0 Å². The zero-order valence-electron chi connectivity index (χ0n) is 16.0. The van der Waals surface area contributed by atoms with Gasteiger partial charge in [0.25, 0.3) is 5.91 Å². The van der Waals surface area contributed by atoms with Crippen molar-refractivity contribution in [1.82, 2.24) is 20.5 Å². The highest BCUT2D eigenvalue weighted by atomic mass is 32.1. The van der Waals surface area contributed by atoms with Crippen LogP contribution in [-0.4, -0.2) is 39.8 Å². The van der Waals surface area contributed by atoms with Crippen LogP contribution >= 0.6 is 11.3 Å². The summed E-state index contributed by atoms with van der Waals surface area (Å²) in [6, 6.07) is 7.03. The van der Waals surface area contributed by atoms with Crippen LogP contribution in [-0.2, 0) is 9.59 Å². The van der Waals surface area contributed by atoms with E-state index in [4.69, 9.17) is 0 Å². The van der Waals surface area contributed by atoms with Crippen molar-refractivity contribution in [2.75, 3.05) is 6.54 Å². The fourth-order valence-corrected chi connectivity index (χ4v) is 5.18. The van der Waals surface area contributed by atoms with Crippen LogP contribution in [0.15, 0.2) is 24.3 Å². The molecular formula is C20H24N4O3S. The Morgan fingerprint density at radius 1 is 1.39 bits per heavy atom. The Labute approximate surface area is 167 Å². The number of urea groups is 1. The number of para-hydroxylation sites is 1. The van der Waals surface area contributed by atoms with Gasteiger partial charge in [-0.1, -0.05) is 31.9 Å². The summed E-state index contributed by atoms with van der Waals surface area (Å²) in [5.74, 6) is -0.560. The van der Waals surface area contributed by atoms with Crippen molar-refractivity contribution >= 4 is 39.4 Å². The highest BCUT2D eigenvalue weighted by Gasteiger charge is 2.55. The van der Waals surface area contributed by atoms with Gasteiger partial charge in [0, 0.05) is 0 Å². The number of benzene rings is 1. The van der Waals surface area contributed by atoms with Gasteiger partial charge in [-0.3, -0.25) is 14.5 Å². The number of imide groups is 1. The molecule has 2 fully saturated rings. The molecule has 8 heteroatoms. The van der Waals surface area contributed by atoms with E-state index in [2.05, 4.69) is 15.6 Å². The van der Waals surface area contributed by atoms with E-state index in [1.54, 1.807) is 0 Å². The highest BCUT2D eigenvalue weighted by Crippen LogP contribution is 2.38. The van der Waals surface area contributed by atoms with Crippen molar-refractivity contribution in [3.05, 3.63) is 29.3 Å². The summed E-state index contributed by atoms with van der Waals surface area (Å²) >= 11 is 1.52. The lowest BCUT2D eigenvalue weighted by molar-refractivity contribution is -0.137. The van der Waals surface area contributed by atoms with Crippen LogP contribution in [0.1, 0.15) is 50.6 Å². The summed E-state index contributed by atoms with van der Waals surface area (Å²) in [4.78, 5) is 43.5. The number of carbonyl (C=O) groups excluding carboxylic acids is 3. The number of thiazole rings is 1. The van der Waals surface area contributed by atoms with Crippen molar-refractivity contribution < 1.29 is 14.4 Å². The Morgan fingerprint density at radius 2 is 2.18 bits per heavy atom. The predicted octanol–water partition coefficient (Wildman–Crippen LogP) is 2.97. The first-order chi connectivity index (χ1) is 13.4. The normalized spacial score (nSPS) is 25.9. The molecule has 148 valence electrons. The largest absolute Gasteiger partial charge is 0.346 e. The lowest BCUT2D eigenvalue weighted by Crippen LogP contribution is -2.54. The molecule has 1 saturated heterocycles. The second kappa shape index (κ2) is 7.16. The minimum Gasteiger partial charge on any atom is -0.346 e. The van der Waals surface area contributed by atoms with E-state index in [0.29, 0.717) is 6.42 Å². The highest BCUT2D eigenvalue weighted by molar-refractivity contribution is 7.18. The van der Waals surface area contributed by atoms with Gasteiger partial charge in [-0.25, -0.2) is 9.78 Å². The molecule has 7 nitrogen and oxygen atoms in total. The standard InChI is InChI=1S/C20H24N4O3S/c1-12-7-5-6-10-20(12)18(26)24(19(27)23-20)11-16(25)21-13(2)17-22-14-8-3-4-9-15(14)28-17/h3-4,8-9,12-13H,5-7,10-11H2,1-2H3,(H,21,25)(H,23,27). The first-order valence-electron chi connectivity index (χ1n) is 9.69. The molecule has 1 aliphatic heterocycles. The molecule has 0 radical (unpaired) electrons. The molecule has 2 aliphatic rings. The van der Waals surface area contributed by atoms with Crippen LogP contribution in [0.4, 0.5) is 4.79 Å². The van der Waals surface area contributed by atoms with E-state index in [0.717, 1.165) is 39.4 Å². The van der Waals surface area contributed by atoms with Crippen molar-refractivity contribution in [1.29, 1.82) is 0 Å². The maximum atomic E-state index is 13.0. The summed E-state index contributed by atoms with van der Waals surface area (Å²) in [6.07, 6.45) is 3.51. The van der Waals surface area contributed by atoms with E-state index < -0.39 is 11.6 Å². The van der Waals surface area contributed by atoms with Crippen LogP contribution in [0, 0.1) is 5.92 Å². The first kappa shape index (κ1) is 18.9. The van der Waals surface area contributed by atoms with Gasteiger partial charge in [0.15, 0.2) is 0 Å². The van der Waals surface area contributed by atoms with Gasteiger partial charge in [-0.15, -0.1) is 11.3 Å². The summed E-state index contributed by atoms with van der Waals surface area (Å²) < 4.78 is 1.06. The zero-order chi connectivity index (χ0) is 19.9. The third-order valence-corrected chi connectivity index (χ3v) is 7.08. The van der Waals surface area contributed by atoms with E-state index in [1.165, 1.54) is 11.3 Å². The minimum absolute atomic E-state index is 0.0763. The second-order valence-corrected chi connectivity index (χ2v) is 8.81. The Bertz CT molecular complexity index is 909. The number of amides is 4. The number of carbonyl (C=O) groups is 3. The molecule has 1 aromatic heterocycles. The minimum atomic E-state index is -0.839. The molecule has 2 heterocycles. The number of fused-ring (bicyclic) bond motifs is 1. The molecule has 1 saturated carbocycles. The fourth-order valence-electron chi connectivity index (χ4n) is 4.21. The maximum Gasteiger partial charge on any atom is 0.325 e. The van der Waals surface area contributed by atoms with Crippen LogP contribution < -0.4 is 10.6 Å². The van der Waals surface area contributed by atoms with Crippen LogP contribution in [0.25, 0.3) is 10.2 Å². The van der Waals surface area contributed by atoms with Crippen molar-refractivity contribution in [2.45, 2.75) is 51.1 Å². The number of aromatic nitrogens is 1. The molecule has 2 aromatic rings. The van der Waals surface area contributed by atoms with E-state index in [1.807, 2.05) is 38.1 Å². The number of nitrogens with zero attached hydrogens (tertiary/aromatic N) is 2. The number of hydrogen-bond acceptors (Lipinski definition) is 5. The van der Waals surface area contributed by atoms with Gasteiger partial charge in [0.1, 0.15) is 17.1 Å². The fraction of sp³-hybridized carbons (Fsp3) is 0.500. The lowest BCUT2D eigenvalue weighted by atomic mass is 9.73. The number of hydrogen-bond donors (Lipinski definition) is 2. The van der Waals surface area contributed by atoms with Crippen LogP contribution in [0.2, 0.25) is 0 Å². The third kappa shape index (κ3) is 3.15. The molecule has 4 rings (SSSR count). The molecule has 1 aliphatic carbocycles. The molecule has 1 aromatic carbocycles. The van der Waals surface area contributed by atoms with Crippen LogP contribution in [0.5, 0.6) is 0 Å². The topological polar surface area (TPSA) is 91.4 Å². The molecule has 4 amide bonds. The summed E-state index contributed by atoms with van der Waals surface area (Å²) in [5.41, 5.74) is 0.0553. The average Bonchev–Trinajstić information content (AvgIpc) is 3.20. The summed E-state index contributed by atoms with van der Waals surface area (Å²) in [5, 5.41) is 6.53. The summed E-state index contributed by atoms with van der Waals surface area (Å²) in [7, 11) is 0. The molecule has 28 heavy (non-hydrogen) atoms. The Kier molecular flexibility index (Phi) is 4.82. The predicted molar refractivity (Wildman–Crippen MR) is 107 cm³/mol. The van der Waals surface area contributed by atoms with Crippen molar-refractivity contribution in [3.8, 4) is 0 Å². The monoisotopic (exact) mass is 400 g/mol. The molecule has 0 bridgehead atoms. The van der Waals surface area contributed by atoms with Gasteiger partial charge >= 0.3 is 6.03 Å². The van der Waals surface area contributed by atoms with Gasteiger partial charge < -0.3 is 10.6 Å². The van der Waals surface area contributed by atoms with Gasteiger partial charge in [0.05, 0.1) is 16.3 Å². The molecule has 3 unspecified atom stereocenters. The van der Waals surface area contributed by atoms with Crippen molar-refractivity contribution in [3.63, 3.8) is 0 Å². The molecule has 1 spiro atoms. The van der Waals surface area contributed by atoms with Gasteiger partial charge in [0.2, 0.25) is 5.91 Å². The average molecular weight is 401 g/mol. The third-order valence-electron chi connectivity index (χ3n) is 5.86. The molecular weight excluding hydrogens is 376 g/mol. The van der Waals surface area contributed by atoms with Gasteiger partial charge in [-0.2, -0.15) is 0 Å². The lowest BCUT2D eigenvalue weighted by Gasteiger charge is -2.36. The Balaban J connectivity index is 1.43. The Hall–Kier alpha value is -2.48. The van der Waals surface area contributed by atoms with Gasteiger partial charge in [-0.05, 0) is 37.8 Å². The SMILES string of the molecule is CC(NC(=O)CN1C(=O)NC2(CCCCC2C)C1=O)c1nc2ccccc2s1.